The van der Waals surface area contributed by atoms with Crippen molar-refractivity contribution in [3.8, 4) is 0 Å². The Morgan fingerprint density at radius 1 is 1.13 bits per heavy atom. The average Bonchev–Trinajstić information content (AvgIpc) is 2.63. The Labute approximate surface area is 89.9 Å². The molecule has 0 saturated heterocycles. The lowest BCUT2D eigenvalue weighted by atomic mass is 10.2. The van der Waals surface area contributed by atoms with Crippen molar-refractivity contribution in [2.45, 2.75) is 6.92 Å². The van der Waals surface area contributed by atoms with E-state index in [0.717, 1.165) is 11.4 Å². The molecule has 15 heavy (non-hydrogen) atoms. The first-order chi connectivity index (χ1) is 7.25. The van der Waals surface area contributed by atoms with E-state index < -0.39 is 0 Å². The van der Waals surface area contributed by atoms with Crippen LogP contribution in [0.1, 0.15) is 11.3 Å². The van der Waals surface area contributed by atoms with Gasteiger partial charge in [-0.3, -0.25) is 4.99 Å². The summed E-state index contributed by atoms with van der Waals surface area (Å²) in [7, 11) is 2.01. The second-order valence-corrected chi connectivity index (χ2v) is 3.64. The molecule has 0 bridgehead atoms. The molecule has 1 aromatic heterocycles. The largest absolute Gasteiger partial charge is 0.350 e. The van der Waals surface area contributed by atoms with Crippen molar-refractivity contribution in [1.29, 1.82) is 0 Å². The van der Waals surface area contributed by atoms with Gasteiger partial charge in [0.2, 0.25) is 0 Å². The van der Waals surface area contributed by atoms with Gasteiger partial charge in [-0.15, -0.1) is 0 Å². The summed E-state index contributed by atoms with van der Waals surface area (Å²) in [4.78, 5) is 4.40. The highest BCUT2D eigenvalue weighted by atomic mass is 14.9. The maximum absolute atomic E-state index is 4.40. The van der Waals surface area contributed by atoms with E-state index >= 15 is 0 Å². The van der Waals surface area contributed by atoms with E-state index in [1.165, 1.54) is 5.56 Å². The van der Waals surface area contributed by atoms with Gasteiger partial charge in [-0.25, -0.2) is 0 Å². The first kappa shape index (κ1) is 9.71. The molecular formula is C13H14N2. The Balaban J connectivity index is 2.19. The molecule has 0 aliphatic carbocycles. The highest BCUT2D eigenvalue weighted by molar-refractivity contribution is 5.80. The predicted octanol–water partition coefficient (Wildman–Crippen LogP) is 3.08. The van der Waals surface area contributed by atoms with Crippen molar-refractivity contribution in [3.05, 3.63) is 53.9 Å². The molecule has 2 nitrogen and oxygen atoms in total. The molecule has 0 radical (unpaired) electrons. The molecule has 0 amide bonds. The first-order valence-electron chi connectivity index (χ1n) is 4.98. The molecule has 1 heterocycles. The van der Waals surface area contributed by atoms with Gasteiger partial charge in [-0.1, -0.05) is 17.7 Å². The van der Waals surface area contributed by atoms with Crippen molar-refractivity contribution in [1.82, 2.24) is 4.57 Å². The van der Waals surface area contributed by atoms with Crippen LogP contribution in [0.25, 0.3) is 0 Å². The Morgan fingerprint density at radius 2 is 1.87 bits per heavy atom. The Bertz CT molecular complexity index is 464. The molecular weight excluding hydrogens is 184 g/mol. The van der Waals surface area contributed by atoms with Gasteiger partial charge in [0.1, 0.15) is 0 Å². The molecule has 76 valence electrons. The minimum Gasteiger partial charge on any atom is -0.350 e. The third-order valence-corrected chi connectivity index (χ3v) is 2.36. The van der Waals surface area contributed by atoms with Crippen molar-refractivity contribution in [2.75, 3.05) is 0 Å². The van der Waals surface area contributed by atoms with E-state index in [9.17, 15) is 0 Å². The molecule has 0 unspecified atom stereocenters. The highest BCUT2D eigenvalue weighted by Crippen LogP contribution is 2.12. The van der Waals surface area contributed by atoms with Crippen LogP contribution in [0.5, 0.6) is 0 Å². The minimum atomic E-state index is 0.988. The number of hydrogen-bond donors (Lipinski definition) is 0. The molecule has 0 aliphatic heterocycles. The van der Waals surface area contributed by atoms with Gasteiger partial charge in [0.25, 0.3) is 0 Å². The van der Waals surface area contributed by atoms with Crippen LogP contribution in [0.4, 0.5) is 5.69 Å². The molecule has 0 atom stereocenters. The summed E-state index contributed by atoms with van der Waals surface area (Å²) in [5.41, 5.74) is 3.35. The molecule has 2 heteroatoms. The van der Waals surface area contributed by atoms with E-state index in [1.54, 1.807) is 0 Å². The molecule has 0 saturated carbocycles. The maximum atomic E-state index is 4.40. The normalized spacial score (nSPS) is 11.1. The third-order valence-electron chi connectivity index (χ3n) is 2.36. The van der Waals surface area contributed by atoms with Gasteiger partial charge >= 0.3 is 0 Å². The lowest BCUT2D eigenvalue weighted by molar-refractivity contribution is 0.918. The lowest BCUT2D eigenvalue weighted by Gasteiger charge is -1.96. The van der Waals surface area contributed by atoms with E-state index in [0.29, 0.717) is 0 Å². The van der Waals surface area contributed by atoms with Crippen molar-refractivity contribution in [2.24, 2.45) is 12.0 Å². The molecule has 2 aromatic rings. The van der Waals surface area contributed by atoms with Crippen LogP contribution in [0.3, 0.4) is 0 Å². The monoisotopic (exact) mass is 198 g/mol. The summed E-state index contributed by atoms with van der Waals surface area (Å²) < 4.78 is 2.04. The highest BCUT2D eigenvalue weighted by Gasteiger charge is 1.92. The van der Waals surface area contributed by atoms with Gasteiger partial charge in [0, 0.05) is 13.2 Å². The molecule has 0 N–H and O–H groups in total. The standard InChI is InChI=1S/C13H14N2/c1-11-5-7-12(8-6-11)14-10-13-4-3-9-15(13)2/h3-10H,1-2H3/b14-10+. The summed E-state index contributed by atoms with van der Waals surface area (Å²) in [5.74, 6) is 0. The fourth-order valence-electron chi connectivity index (χ4n) is 1.38. The smallest absolute Gasteiger partial charge is 0.0630 e. The summed E-state index contributed by atoms with van der Waals surface area (Å²) in [6, 6.07) is 12.2. The van der Waals surface area contributed by atoms with Gasteiger partial charge in [-0.2, -0.15) is 0 Å². The minimum absolute atomic E-state index is 0.988. The van der Waals surface area contributed by atoms with Crippen LogP contribution in [0.15, 0.2) is 47.6 Å². The topological polar surface area (TPSA) is 17.3 Å². The Morgan fingerprint density at radius 3 is 2.47 bits per heavy atom. The lowest BCUT2D eigenvalue weighted by Crippen LogP contribution is -1.91. The first-order valence-corrected chi connectivity index (χ1v) is 4.98. The summed E-state index contributed by atoms with van der Waals surface area (Å²) in [5, 5.41) is 0. The van der Waals surface area contributed by atoms with Crippen LogP contribution in [0, 0.1) is 6.92 Å². The maximum Gasteiger partial charge on any atom is 0.0630 e. The zero-order valence-electron chi connectivity index (χ0n) is 9.01. The predicted molar refractivity (Wildman–Crippen MR) is 63.8 cm³/mol. The molecule has 0 spiro atoms. The van der Waals surface area contributed by atoms with Crippen LogP contribution < -0.4 is 0 Å². The fourth-order valence-corrected chi connectivity index (χ4v) is 1.38. The SMILES string of the molecule is Cc1ccc(/N=C/c2cccn2C)cc1. The Hall–Kier alpha value is -1.83. The van der Waals surface area contributed by atoms with Crippen LogP contribution in [-0.2, 0) is 7.05 Å². The van der Waals surface area contributed by atoms with Crippen molar-refractivity contribution < 1.29 is 0 Å². The van der Waals surface area contributed by atoms with E-state index in [2.05, 4.69) is 24.0 Å². The van der Waals surface area contributed by atoms with Crippen molar-refractivity contribution >= 4 is 11.9 Å². The third kappa shape index (κ3) is 2.34. The van der Waals surface area contributed by atoms with Crippen molar-refractivity contribution in [3.63, 3.8) is 0 Å². The number of rotatable bonds is 2. The summed E-state index contributed by atoms with van der Waals surface area (Å²) in [6.07, 6.45) is 3.89. The zero-order chi connectivity index (χ0) is 10.7. The number of aryl methyl sites for hydroxylation is 2. The summed E-state index contributed by atoms with van der Waals surface area (Å²) in [6.45, 7) is 2.07. The van der Waals surface area contributed by atoms with E-state index in [1.807, 2.05) is 48.3 Å². The number of hydrogen-bond acceptors (Lipinski definition) is 1. The molecule has 0 aliphatic rings. The van der Waals surface area contributed by atoms with E-state index in [-0.39, 0.29) is 0 Å². The van der Waals surface area contributed by atoms with Crippen LogP contribution in [-0.4, -0.2) is 10.8 Å². The summed E-state index contributed by atoms with van der Waals surface area (Å²) >= 11 is 0. The van der Waals surface area contributed by atoms with Gasteiger partial charge in [0.05, 0.1) is 17.6 Å². The number of aromatic nitrogens is 1. The molecule has 1 aromatic carbocycles. The number of aliphatic imine (C=N–C) groups is 1. The zero-order valence-corrected chi connectivity index (χ0v) is 9.01. The second kappa shape index (κ2) is 4.13. The van der Waals surface area contributed by atoms with Gasteiger partial charge in [0.15, 0.2) is 0 Å². The quantitative estimate of drug-likeness (QED) is 0.660. The number of benzene rings is 1. The van der Waals surface area contributed by atoms with Gasteiger partial charge in [-0.05, 0) is 31.2 Å². The Kier molecular flexibility index (Phi) is 2.68. The van der Waals surface area contributed by atoms with Crippen LogP contribution in [0.2, 0.25) is 0 Å². The average molecular weight is 198 g/mol. The second-order valence-electron chi connectivity index (χ2n) is 3.64. The fraction of sp³-hybridized carbons (Fsp3) is 0.154. The van der Waals surface area contributed by atoms with Gasteiger partial charge < -0.3 is 4.57 Å². The molecule has 0 fully saturated rings. The number of nitrogens with zero attached hydrogens (tertiary/aromatic N) is 2. The van der Waals surface area contributed by atoms with E-state index in [4.69, 9.17) is 0 Å². The molecule has 2 rings (SSSR count). The van der Waals surface area contributed by atoms with Crippen LogP contribution >= 0.6 is 0 Å².